The van der Waals surface area contributed by atoms with Crippen molar-refractivity contribution >= 4 is 21.6 Å². The van der Waals surface area contributed by atoms with Gasteiger partial charge in [0.2, 0.25) is 0 Å². The minimum atomic E-state index is 0.798. The van der Waals surface area contributed by atoms with Crippen LogP contribution in [0.2, 0.25) is 0 Å². The zero-order valence-electron chi connectivity index (χ0n) is 11.9. The number of halogens is 1. The molecule has 1 aromatic heterocycles. The molecule has 2 aromatic rings. The first-order valence-electron chi connectivity index (χ1n) is 6.53. The van der Waals surface area contributed by atoms with Crippen LogP contribution in [0.3, 0.4) is 0 Å². The van der Waals surface area contributed by atoms with Gasteiger partial charge in [0.15, 0.2) is 0 Å². The van der Waals surface area contributed by atoms with E-state index in [4.69, 9.17) is 0 Å². The number of benzene rings is 1. The topological polar surface area (TPSA) is 29.9 Å². The van der Waals surface area contributed by atoms with E-state index >= 15 is 0 Å². The fraction of sp³-hybridized carbons (Fsp3) is 0.400. The molecule has 2 rings (SSSR count). The lowest BCUT2D eigenvalue weighted by Gasteiger charge is -2.13. The van der Waals surface area contributed by atoms with E-state index in [0.29, 0.717) is 0 Å². The molecule has 0 radical (unpaired) electrons. The minimum Gasteiger partial charge on any atom is -0.379 e. The van der Waals surface area contributed by atoms with Crippen molar-refractivity contribution in [3.63, 3.8) is 0 Å². The summed E-state index contributed by atoms with van der Waals surface area (Å²) < 4.78 is 3.08. The summed E-state index contributed by atoms with van der Waals surface area (Å²) in [6.45, 7) is 7.18. The lowest BCUT2D eigenvalue weighted by atomic mass is 10.1. The van der Waals surface area contributed by atoms with Gasteiger partial charge in [-0.25, -0.2) is 0 Å². The fourth-order valence-corrected chi connectivity index (χ4v) is 2.96. The van der Waals surface area contributed by atoms with Gasteiger partial charge in [0, 0.05) is 17.2 Å². The Morgan fingerprint density at radius 2 is 1.84 bits per heavy atom. The summed E-state index contributed by atoms with van der Waals surface area (Å²) in [4.78, 5) is 0. The van der Waals surface area contributed by atoms with E-state index in [-0.39, 0.29) is 0 Å². The van der Waals surface area contributed by atoms with Crippen molar-refractivity contribution in [3.8, 4) is 0 Å². The second-order valence-electron chi connectivity index (χ2n) is 4.87. The van der Waals surface area contributed by atoms with Crippen LogP contribution in [0.1, 0.15) is 29.4 Å². The van der Waals surface area contributed by atoms with E-state index in [2.05, 4.69) is 65.3 Å². The number of aryl methyl sites for hydroxylation is 4. The quantitative estimate of drug-likeness (QED) is 0.923. The largest absolute Gasteiger partial charge is 0.379 e. The van der Waals surface area contributed by atoms with Gasteiger partial charge in [0.25, 0.3) is 0 Å². The van der Waals surface area contributed by atoms with Gasteiger partial charge in [-0.3, -0.25) is 4.68 Å². The third-order valence-corrected chi connectivity index (χ3v) is 3.79. The maximum atomic E-state index is 4.47. The molecule has 1 heterocycles. The van der Waals surface area contributed by atoms with Crippen LogP contribution in [-0.2, 0) is 20.0 Å². The molecule has 0 aliphatic carbocycles. The Morgan fingerprint density at radius 3 is 2.37 bits per heavy atom. The van der Waals surface area contributed by atoms with E-state index in [1.807, 2.05) is 11.7 Å². The maximum Gasteiger partial charge on any atom is 0.0625 e. The van der Waals surface area contributed by atoms with Crippen molar-refractivity contribution in [2.75, 3.05) is 5.32 Å². The predicted molar refractivity (Wildman–Crippen MR) is 83.5 cm³/mol. The Balaban J connectivity index is 2.16. The second kappa shape index (κ2) is 5.78. The smallest absolute Gasteiger partial charge is 0.0625 e. The summed E-state index contributed by atoms with van der Waals surface area (Å²) in [6.07, 6.45) is 0.976. The number of aromatic nitrogens is 2. The van der Waals surface area contributed by atoms with Crippen LogP contribution in [-0.4, -0.2) is 9.78 Å². The SMILES string of the molecule is CCc1cc(CNc2c(C)cc(Br)cc2C)n(C)n1. The molecule has 0 aliphatic heterocycles. The molecule has 0 bridgehead atoms. The lowest BCUT2D eigenvalue weighted by Crippen LogP contribution is -2.07. The van der Waals surface area contributed by atoms with Crippen molar-refractivity contribution in [2.45, 2.75) is 33.7 Å². The zero-order chi connectivity index (χ0) is 14.0. The standard InChI is InChI=1S/C15H20BrN3/c1-5-13-8-14(19(4)18-13)9-17-15-10(2)6-12(16)7-11(15)3/h6-8,17H,5,9H2,1-4H3. The molecule has 0 amide bonds. The first-order chi connectivity index (χ1) is 9.01. The summed E-state index contributed by atoms with van der Waals surface area (Å²) >= 11 is 3.53. The number of nitrogens with zero attached hydrogens (tertiary/aromatic N) is 2. The average Bonchev–Trinajstić information content (AvgIpc) is 2.69. The molecule has 0 unspecified atom stereocenters. The molecule has 0 saturated carbocycles. The molecule has 0 aliphatic rings. The van der Waals surface area contributed by atoms with E-state index in [1.54, 1.807) is 0 Å². The van der Waals surface area contributed by atoms with Gasteiger partial charge in [-0.15, -0.1) is 0 Å². The van der Waals surface area contributed by atoms with Crippen molar-refractivity contribution in [1.82, 2.24) is 9.78 Å². The molecule has 102 valence electrons. The zero-order valence-corrected chi connectivity index (χ0v) is 13.5. The Hall–Kier alpha value is -1.29. The van der Waals surface area contributed by atoms with Crippen LogP contribution >= 0.6 is 15.9 Å². The second-order valence-corrected chi connectivity index (χ2v) is 5.79. The van der Waals surface area contributed by atoms with Gasteiger partial charge in [-0.2, -0.15) is 5.10 Å². The van der Waals surface area contributed by atoms with Crippen molar-refractivity contribution in [3.05, 3.63) is 45.2 Å². The Morgan fingerprint density at radius 1 is 1.21 bits per heavy atom. The van der Waals surface area contributed by atoms with Gasteiger partial charge in [-0.1, -0.05) is 22.9 Å². The maximum absolute atomic E-state index is 4.47. The molecular weight excluding hydrogens is 302 g/mol. The highest BCUT2D eigenvalue weighted by Crippen LogP contribution is 2.25. The summed E-state index contributed by atoms with van der Waals surface area (Å²) in [5.74, 6) is 0. The summed E-state index contributed by atoms with van der Waals surface area (Å²) in [6, 6.07) is 6.43. The molecule has 0 atom stereocenters. The fourth-order valence-electron chi connectivity index (χ4n) is 2.28. The number of rotatable bonds is 4. The van der Waals surface area contributed by atoms with Crippen LogP contribution in [0.4, 0.5) is 5.69 Å². The van der Waals surface area contributed by atoms with E-state index in [9.17, 15) is 0 Å². The van der Waals surface area contributed by atoms with Crippen LogP contribution in [0, 0.1) is 13.8 Å². The van der Waals surface area contributed by atoms with E-state index in [0.717, 1.165) is 23.1 Å². The molecule has 1 N–H and O–H groups in total. The summed E-state index contributed by atoms with van der Waals surface area (Å²) in [5, 5.41) is 7.99. The Labute approximate surface area is 123 Å². The number of hydrogen-bond donors (Lipinski definition) is 1. The number of anilines is 1. The van der Waals surface area contributed by atoms with Crippen molar-refractivity contribution < 1.29 is 0 Å². The molecule has 0 fully saturated rings. The highest BCUT2D eigenvalue weighted by Gasteiger charge is 2.07. The summed E-state index contributed by atoms with van der Waals surface area (Å²) in [5.41, 5.74) is 6.07. The molecule has 0 spiro atoms. The molecular formula is C15H20BrN3. The van der Waals surface area contributed by atoms with Crippen molar-refractivity contribution in [2.24, 2.45) is 7.05 Å². The van der Waals surface area contributed by atoms with Gasteiger partial charge in [0.05, 0.1) is 17.9 Å². The highest BCUT2D eigenvalue weighted by molar-refractivity contribution is 9.10. The predicted octanol–water partition coefficient (Wildman–Crippen LogP) is 3.97. The Bertz CT molecular complexity index is 564. The van der Waals surface area contributed by atoms with Gasteiger partial charge < -0.3 is 5.32 Å². The molecule has 1 aromatic carbocycles. The molecule has 3 nitrogen and oxygen atoms in total. The van der Waals surface area contributed by atoms with Crippen LogP contribution in [0.25, 0.3) is 0 Å². The van der Waals surface area contributed by atoms with Gasteiger partial charge in [-0.05, 0) is 49.6 Å². The minimum absolute atomic E-state index is 0.798. The molecule has 19 heavy (non-hydrogen) atoms. The average molecular weight is 322 g/mol. The van der Waals surface area contributed by atoms with Crippen molar-refractivity contribution in [1.29, 1.82) is 0 Å². The lowest BCUT2D eigenvalue weighted by molar-refractivity contribution is 0.706. The normalized spacial score (nSPS) is 10.8. The molecule has 0 saturated heterocycles. The highest BCUT2D eigenvalue weighted by atomic mass is 79.9. The van der Waals surface area contributed by atoms with E-state index in [1.165, 1.54) is 22.5 Å². The third-order valence-electron chi connectivity index (χ3n) is 3.33. The van der Waals surface area contributed by atoms with Gasteiger partial charge in [0.1, 0.15) is 0 Å². The van der Waals surface area contributed by atoms with E-state index < -0.39 is 0 Å². The van der Waals surface area contributed by atoms with Crippen LogP contribution < -0.4 is 5.32 Å². The first kappa shape index (κ1) is 14.1. The number of hydrogen-bond acceptors (Lipinski definition) is 2. The van der Waals surface area contributed by atoms with Crippen LogP contribution in [0.5, 0.6) is 0 Å². The Kier molecular flexibility index (Phi) is 4.30. The monoisotopic (exact) mass is 321 g/mol. The number of nitrogens with one attached hydrogen (secondary N) is 1. The summed E-state index contributed by atoms with van der Waals surface area (Å²) in [7, 11) is 2.00. The van der Waals surface area contributed by atoms with Crippen LogP contribution in [0.15, 0.2) is 22.7 Å². The molecule has 4 heteroatoms. The van der Waals surface area contributed by atoms with Gasteiger partial charge >= 0.3 is 0 Å². The third kappa shape index (κ3) is 3.18. The first-order valence-corrected chi connectivity index (χ1v) is 7.33.